The minimum Gasteiger partial charge on any atom is -0.478 e. The van der Waals surface area contributed by atoms with E-state index in [1.54, 1.807) is 6.92 Å². The molecule has 88 valence electrons. The predicted molar refractivity (Wildman–Crippen MR) is 66.6 cm³/mol. The molecule has 3 heteroatoms. The number of carbonyl (C=O) groups is 1. The molecule has 3 nitrogen and oxygen atoms in total. The van der Waals surface area contributed by atoms with Crippen molar-refractivity contribution in [2.75, 3.05) is 0 Å². The lowest BCUT2D eigenvalue weighted by Crippen LogP contribution is -2.09. The van der Waals surface area contributed by atoms with Crippen LogP contribution in [-0.2, 0) is 4.79 Å². The summed E-state index contributed by atoms with van der Waals surface area (Å²) in [5, 5.41) is 8.57. The molecule has 0 aliphatic heterocycles. The molecule has 0 amide bonds. The maximum Gasteiger partial charge on any atom is 0.337 e. The second kappa shape index (κ2) is 15.0. The van der Waals surface area contributed by atoms with Crippen molar-refractivity contribution >= 4 is 5.97 Å². The Kier molecular flexibility index (Phi) is 19.1. The summed E-state index contributed by atoms with van der Waals surface area (Å²) in [5.74, 6) is -1.04. The van der Waals surface area contributed by atoms with Gasteiger partial charge in [-0.15, -0.1) is 0 Å². The normalized spacial score (nSPS) is 10.2. The third kappa shape index (κ3) is 10.4. The molecule has 3 N–H and O–H groups in total. The van der Waals surface area contributed by atoms with Crippen LogP contribution in [0, 0.1) is 0 Å². The molecule has 0 rings (SSSR count). The summed E-state index contributed by atoms with van der Waals surface area (Å²) >= 11 is 0. The number of nitrogens with two attached hydrogens (primary N) is 1. The highest BCUT2D eigenvalue weighted by Gasteiger charge is 2.07. The van der Waals surface area contributed by atoms with E-state index in [9.17, 15) is 4.79 Å². The van der Waals surface area contributed by atoms with Crippen molar-refractivity contribution in [3.8, 4) is 0 Å². The highest BCUT2D eigenvalue weighted by atomic mass is 16.4. The Labute approximate surface area is 93.0 Å². The molecule has 0 aliphatic rings. The molecule has 0 radical (unpaired) electrons. The Hall–Kier alpha value is -1.51. The standard InChI is InChI=1S/C8H11NO2.2C2H6/c1-3-5-6(8(10)11)7(9)4-2;2*1-2/h3-5H,1,9H2,2H3,(H,10,11);2*1-2H3/b6-5+,7-4+;;. The molecule has 0 unspecified atom stereocenters. The Morgan fingerprint density at radius 2 is 1.67 bits per heavy atom. The molecule has 0 fully saturated rings. The maximum absolute atomic E-state index is 10.5. The van der Waals surface area contributed by atoms with Crippen molar-refractivity contribution in [3.63, 3.8) is 0 Å². The van der Waals surface area contributed by atoms with Crippen LogP contribution in [0.1, 0.15) is 34.6 Å². The van der Waals surface area contributed by atoms with E-state index in [0.717, 1.165) is 0 Å². The molecule has 0 saturated carbocycles. The fraction of sp³-hybridized carbons (Fsp3) is 0.417. The Bertz CT molecular complexity index is 228. The van der Waals surface area contributed by atoms with Crippen LogP contribution in [0.2, 0.25) is 0 Å². The summed E-state index contributed by atoms with van der Waals surface area (Å²) in [6.07, 6.45) is 4.28. The van der Waals surface area contributed by atoms with E-state index in [1.165, 1.54) is 18.2 Å². The molecule has 15 heavy (non-hydrogen) atoms. The van der Waals surface area contributed by atoms with Gasteiger partial charge in [-0.25, -0.2) is 4.79 Å². The van der Waals surface area contributed by atoms with Crippen LogP contribution < -0.4 is 5.73 Å². The van der Waals surface area contributed by atoms with Crippen molar-refractivity contribution in [3.05, 3.63) is 36.1 Å². The monoisotopic (exact) mass is 213 g/mol. The quantitative estimate of drug-likeness (QED) is 0.559. The lowest BCUT2D eigenvalue weighted by Gasteiger charge is -1.98. The van der Waals surface area contributed by atoms with Crippen LogP contribution in [0.5, 0.6) is 0 Å². The minimum atomic E-state index is -1.04. The molecule has 0 spiro atoms. The predicted octanol–water partition coefficient (Wildman–Crippen LogP) is 3.10. The highest BCUT2D eigenvalue weighted by molar-refractivity contribution is 5.91. The molecular weight excluding hydrogens is 190 g/mol. The zero-order chi connectivity index (χ0) is 12.9. The molecule has 0 aromatic heterocycles. The fourth-order valence-electron chi connectivity index (χ4n) is 0.564. The zero-order valence-electron chi connectivity index (χ0n) is 10.4. The molecule has 0 aliphatic carbocycles. The number of carboxylic acids is 1. The van der Waals surface area contributed by atoms with Gasteiger partial charge in [0.15, 0.2) is 0 Å². The number of allylic oxidation sites excluding steroid dienone is 3. The first-order valence-electron chi connectivity index (χ1n) is 5.11. The summed E-state index contributed by atoms with van der Waals surface area (Å²) in [6, 6.07) is 0. The van der Waals surface area contributed by atoms with Crippen molar-refractivity contribution in [2.24, 2.45) is 5.73 Å². The van der Waals surface area contributed by atoms with Gasteiger partial charge in [-0.1, -0.05) is 46.4 Å². The Balaban J connectivity index is -0.000000318. The smallest absolute Gasteiger partial charge is 0.337 e. The first-order chi connectivity index (χ1) is 7.13. The van der Waals surface area contributed by atoms with Gasteiger partial charge < -0.3 is 10.8 Å². The second-order valence-corrected chi connectivity index (χ2v) is 1.87. The number of hydrogen-bond donors (Lipinski definition) is 2. The SMILES string of the molecule is C=C/C=C(C(=O)O)\C(N)=C/C.CC.CC. The van der Waals surface area contributed by atoms with Crippen LogP contribution >= 0.6 is 0 Å². The summed E-state index contributed by atoms with van der Waals surface area (Å²) in [7, 11) is 0. The van der Waals surface area contributed by atoms with Gasteiger partial charge in [-0.05, 0) is 13.0 Å². The first-order valence-corrected chi connectivity index (χ1v) is 5.11. The molecule has 0 aromatic rings. The molecule has 0 saturated heterocycles. The van der Waals surface area contributed by atoms with Crippen molar-refractivity contribution in [2.45, 2.75) is 34.6 Å². The van der Waals surface area contributed by atoms with Crippen molar-refractivity contribution in [1.82, 2.24) is 0 Å². The lowest BCUT2D eigenvalue weighted by atomic mass is 10.2. The van der Waals surface area contributed by atoms with Crippen molar-refractivity contribution in [1.29, 1.82) is 0 Å². The summed E-state index contributed by atoms with van der Waals surface area (Å²) in [6.45, 7) is 13.1. The fourth-order valence-corrected chi connectivity index (χ4v) is 0.564. The first kappa shape index (κ1) is 19.1. The average Bonchev–Trinajstić information content (AvgIpc) is 2.30. The number of aliphatic carboxylic acids is 1. The Morgan fingerprint density at radius 3 is 1.87 bits per heavy atom. The topological polar surface area (TPSA) is 63.3 Å². The van der Waals surface area contributed by atoms with E-state index in [4.69, 9.17) is 10.8 Å². The van der Waals surface area contributed by atoms with Crippen LogP contribution in [0.15, 0.2) is 36.1 Å². The molecule has 0 atom stereocenters. The summed E-state index contributed by atoms with van der Waals surface area (Å²) < 4.78 is 0. The van der Waals surface area contributed by atoms with Gasteiger partial charge in [0, 0.05) is 5.70 Å². The summed E-state index contributed by atoms with van der Waals surface area (Å²) in [4.78, 5) is 10.5. The van der Waals surface area contributed by atoms with E-state index in [0.29, 0.717) is 0 Å². The van der Waals surface area contributed by atoms with Crippen molar-refractivity contribution < 1.29 is 9.90 Å². The van der Waals surface area contributed by atoms with Crippen LogP contribution in [0.3, 0.4) is 0 Å². The van der Waals surface area contributed by atoms with Crippen LogP contribution in [0.25, 0.3) is 0 Å². The van der Waals surface area contributed by atoms with Gasteiger partial charge >= 0.3 is 5.97 Å². The number of rotatable bonds is 3. The molecule has 0 aromatic carbocycles. The van der Waals surface area contributed by atoms with Gasteiger partial charge in [0.1, 0.15) is 0 Å². The van der Waals surface area contributed by atoms with Gasteiger partial charge in [-0.3, -0.25) is 0 Å². The van der Waals surface area contributed by atoms with E-state index in [2.05, 4.69) is 6.58 Å². The van der Waals surface area contributed by atoms with E-state index < -0.39 is 5.97 Å². The highest BCUT2D eigenvalue weighted by Crippen LogP contribution is 2.03. The van der Waals surface area contributed by atoms with Gasteiger partial charge in [0.25, 0.3) is 0 Å². The third-order valence-electron chi connectivity index (χ3n) is 1.14. The molecule has 0 bridgehead atoms. The van der Waals surface area contributed by atoms with E-state index in [1.807, 2.05) is 27.7 Å². The maximum atomic E-state index is 10.5. The minimum absolute atomic E-state index is 0.0718. The van der Waals surface area contributed by atoms with E-state index >= 15 is 0 Å². The third-order valence-corrected chi connectivity index (χ3v) is 1.14. The van der Waals surface area contributed by atoms with Gasteiger partial charge in [-0.2, -0.15) is 0 Å². The summed E-state index contributed by atoms with van der Waals surface area (Å²) in [5.41, 5.74) is 5.69. The Morgan fingerprint density at radius 1 is 1.27 bits per heavy atom. The average molecular weight is 213 g/mol. The zero-order valence-corrected chi connectivity index (χ0v) is 10.4. The molecule has 0 heterocycles. The van der Waals surface area contributed by atoms with Gasteiger partial charge in [0.05, 0.1) is 5.57 Å². The van der Waals surface area contributed by atoms with E-state index in [-0.39, 0.29) is 11.3 Å². The van der Waals surface area contributed by atoms with Crippen LogP contribution in [-0.4, -0.2) is 11.1 Å². The van der Waals surface area contributed by atoms with Gasteiger partial charge in [0.2, 0.25) is 0 Å². The second-order valence-electron chi connectivity index (χ2n) is 1.87. The van der Waals surface area contributed by atoms with Crippen LogP contribution in [0.4, 0.5) is 0 Å². The number of hydrogen-bond acceptors (Lipinski definition) is 2. The number of carboxylic acid groups (broad SMARTS) is 1. The molecular formula is C12H23NO2. The lowest BCUT2D eigenvalue weighted by molar-refractivity contribution is -0.132. The largest absolute Gasteiger partial charge is 0.478 e.